The Morgan fingerprint density at radius 2 is 2.00 bits per heavy atom. The van der Waals surface area contributed by atoms with Crippen LogP contribution in [0.3, 0.4) is 0 Å². The van der Waals surface area contributed by atoms with Crippen LogP contribution in [-0.4, -0.2) is 9.97 Å². The number of halogens is 1. The van der Waals surface area contributed by atoms with E-state index in [1.165, 1.54) is 12.1 Å². The average Bonchev–Trinajstić information content (AvgIpc) is 2.22. The number of nitrogens with zero attached hydrogens (tertiary/aromatic N) is 1. The second-order valence-electron chi connectivity index (χ2n) is 3.71. The Hall–Kier alpha value is -1.55. The van der Waals surface area contributed by atoms with Crippen LogP contribution in [0.2, 0.25) is 0 Å². The Morgan fingerprint density at radius 3 is 2.69 bits per heavy atom. The Kier molecular flexibility index (Phi) is 2.83. The molecule has 16 heavy (non-hydrogen) atoms. The van der Waals surface area contributed by atoms with E-state index < -0.39 is 0 Å². The lowest BCUT2D eigenvalue weighted by atomic mass is 10.0. The van der Waals surface area contributed by atoms with Crippen molar-refractivity contribution in [3.05, 3.63) is 46.1 Å². The zero-order chi connectivity index (χ0) is 11.7. The Balaban J connectivity index is 2.67. The maximum absolute atomic E-state index is 13.0. The molecule has 0 aliphatic heterocycles. The van der Waals surface area contributed by atoms with Crippen molar-refractivity contribution in [3.8, 4) is 11.3 Å². The minimum absolute atomic E-state index is 0.230. The third kappa shape index (κ3) is 2.02. The summed E-state index contributed by atoms with van der Waals surface area (Å²) in [6.07, 6.45) is 1.72. The predicted octanol–water partition coefficient (Wildman–Crippen LogP) is 3.56. The number of aromatic amines is 1. The Bertz CT molecular complexity index is 590. The maximum Gasteiger partial charge on any atom is 0.197 e. The van der Waals surface area contributed by atoms with Crippen molar-refractivity contribution in [3.63, 3.8) is 0 Å². The van der Waals surface area contributed by atoms with Crippen molar-refractivity contribution < 1.29 is 4.39 Å². The standard InChI is InChI=1S/C12H11FN2S/c1-7-5-9(13)3-4-10(7)11-8(2)6-14-12(16)15-11/h3-6H,1-2H3,(H,14,15,16). The second kappa shape index (κ2) is 4.14. The van der Waals surface area contributed by atoms with E-state index in [0.29, 0.717) is 4.77 Å². The van der Waals surface area contributed by atoms with E-state index in [9.17, 15) is 4.39 Å². The molecule has 82 valence electrons. The van der Waals surface area contributed by atoms with Crippen molar-refractivity contribution >= 4 is 12.2 Å². The molecule has 0 fully saturated rings. The van der Waals surface area contributed by atoms with Crippen LogP contribution in [0.25, 0.3) is 11.3 Å². The number of H-pyrrole nitrogens is 1. The highest BCUT2D eigenvalue weighted by Gasteiger charge is 2.06. The summed E-state index contributed by atoms with van der Waals surface area (Å²) in [6.45, 7) is 3.81. The van der Waals surface area contributed by atoms with Gasteiger partial charge < -0.3 is 4.98 Å². The molecule has 0 saturated heterocycles. The fourth-order valence-corrected chi connectivity index (χ4v) is 1.80. The summed E-state index contributed by atoms with van der Waals surface area (Å²) in [4.78, 5) is 7.03. The molecule has 2 nitrogen and oxygen atoms in total. The van der Waals surface area contributed by atoms with Crippen LogP contribution in [-0.2, 0) is 0 Å². The van der Waals surface area contributed by atoms with Gasteiger partial charge >= 0.3 is 0 Å². The number of hydrogen-bond acceptors (Lipinski definition) is 2. The molecule has 0 saturated carbocycles. The van der Waals surface area contributed by atoms with Crippen LogP contribution >= 0.6 is 12.2 Å². The highest BCUT2D eigenvalue weighted by atomic mass is 32.1. The summed E-state index contributed by atoms with van der Waals surface area (Å²) in [5, 5.41) is 0. The van der Waals surface area contributed by atoms with Gasteiger partial charge in [0.2, 0.25) is 0 Å². The van der Waals surface area contributed by atoms with Gasteiger partial charge in [-0.05, 0) is 55.4 Å². The number of benzene rings is 1. The Morgan fingerprint density at radius 1 is 1.25 bits per heavy atom. The Labute approximate surface area is 98.2 Å². The molecule has 0 unspecified atom stereocenters. The van der Waals surface area contributed by atoms with Crippen LogP contribution in [0.4, 0.5) is 4.39 Å². The summed E-state index contributed by atoms with van der Waals surface area (Å²) in [5.74, 6) is -0.230. The molecule has 1 aromatic carbocycles. The van der Waals surface area contributed by atoms with Gasteiger partial charge in [0, 0.05) is 11.8 Å². The van der Waals surface area contributed by atoms with Crippen molar-refractivity contribution in [1.29, 1.82) is 0 Å². The third-order valence-corrected chi connectivity index (χ3v) is 2.67. The first-order valence-corrected chi connectivity index (χ1v) is 5.31. The number of rotatable bonds is 1. The van der Waals surface area contributed by atoms with Gasteiger partial charge in [-0.25, -0.2) is 9.37 Å². The van der Waals surface area contributed by atoms with Gasteiger partial charge in [-0.15, -0.1) is 0 Å². The summed E-state index contributed by atoms with van der Waals surface area (Å²) >= 11 is 4.99. The molecule has 0 amide bonds. The summed E-state index contributed by atoms with van der Waals surface area (Å²) in [6, 6.07) is 4.70. The summed E-state index contributed by atoms with van der Waals surface area (Å²) in [7, 11) is 0. The molecule has 4 heteroatoms. The van der Waals surface area contributed by atoms with Crippen LogP contribution in [0.15, 0.2) is 24.4 Å². The van der Waals surface area contributed by atoms with E-state index in [1.54, 1.807) is 12.3 Å². The van der Waals surface area contributed by atoms with Crippen LogP contribution in [0, 0.1) is 24.4 Å². The smallest absolute Gasteiger partial charge is 0.197 e. The van der Waals surface area contributed by atoms with E-state index >= 15 is 0 Å². The lowest BCUT2D eigenvalue weighted by Gasteiger charge is -2.08. The molecule has 0 aliphatic carbocycles. The molecule has 1 heterocycles. The van der Waals surface area contributed by atoms with Crippen molar-refractivity contribution in [2.24, 2.45) is 0 Å². The zero-order valence-electron chi connectivity index (χ0n) is 9.04. The van der Waals surface area contributed by atoms with Gasteiger partial charge in [0.05, 0.1) is 5.69 Å². The minimum atomic E-state index is -0.230. The number of hydrogen-bond donors (Lipinski definition) is 1. The first-order chi connectivity index (χ1) is 7.58. The molecule has 0 bridgehead atoms. The highest BCUT2D eigenvalue weighted by molar-refractivity contribution is 7.71. The van der Waals surface area contributed by atoms with Crippen LogP contribution in [0.1, 0.15) is 11.1 Å². The van der Waals surface area contributed by atoms with E-state index in [0.717, 1.165) is 22.4 Å². The quantitative estimate of drug-likeness (QED) is 0.764. The molecule has 1 aromatic heterocycles. The minimum Gasteiger partial charge on any atom is -0.330 e. The second-order valence-corrected chi connectivity index (χ2v) is 4.09. The van der Waals surface area contributed by atoms with Crippen molar-refractivity contribution in [2.45, 2.75) is 13.8 Å². The first-order valence-electron chi connectivity index (χ1n) is 4.90. The number of nitrogens with one attached hydrogen (secondary N) is 1. The molecular weight excluding hydrogens is 223 g/mol. The zero-order valence-corrected chi connectivity index (χ0v) is 9.86. The van der Waals surface area contributed by atoms with Crippen molar-refractivity contribution in [1.82, 2.24) is 9.97 Å². The maximum atomic E-state index is 13.0. The monoisotopic (exact) mass is 234 g/mol. The largest absolute Gasteiger partial charge is 0.330 e. The molecule has 0 atom stereocenters. The highest BCUT2D eigenvalue weighted by Crippen LogP contribution is 2.24. The van der Waals surface area contributed by atoms with Gasteiger partial charge in [-0.2, -0.15) is 0 Å². The fraction of sp³-hybridized carbons (Fsp3) is 0.167. The predicted molar refractivity (Wildman–Crippen MR) is 64.3 cm³/mol. The molecule has 2 rings (SSSR count). The normalized spacial score (nSPS) is 10.4. The van der Waals surface area contributed by atoms with Gasteiger partial charge in [-0.1, -0.05) is 0 Å². The topological polar surface area (TPSA) is 28.7 Å². The molecule has 1 N–H and O–H groups in total. The first kappa shape index (κ1) is 11.0. The molecule has 0 radical (unpaired) electrons. The SMILES string of the molecule is Cc1cc(F)ccc1-c1[nH]c(=S)ncc1C. The van der Waals surface area contributed by atoms with Crippen molar-refractivity contribution in [2.75, 3.05) is 0 Å². The molecular formula is C12H11FN2S. The molecule has 0 aliphatic rings. The van der Waals surface area contributed by atoms with Gasteiger partial charge in [0.1, 0.15) is 5.82 Å². The lowest BCUT2D eigenvalue weighted by molar-refractivity contribution is 0.627. The van der Waals surface area contributed by atoms with Gasteiger partial charge in [0.15, 0.2) is 4.77 Å². The van der Waals surface area contributed by atoms with E-state index in [2.05, 4.69) is 9.97 Å². The van der Waals surface area contributed by atoms with Gasteiger partial charge in [-0.3, -0.25) is 0 Å². The summed E-state index contributed by atoms with van der Waals surface area (Å²) < 4.78 is 13.4. The van der Waals surface area contributed by atoms with E-state index in [4.69, 9.17) is 12.2 Å². The average molecular weight is 234 g/mol. The van der Waals surface area contributed by atoms with E-state index in [1.807, 2.05) is 13.8 Å². The fourth-order valence-electron chi connectivity index (χ4n) is 1.65. The molecule has 2 aromatic rings. The summed E-state index contributed by atoms with van der Waals surface area (Å²) in [5.41, 5.74) is 3.72. The van der Waals surface area contributed by atoms with Crippen LogP contribution < -0.4 is 0 Å². The lowest BCUT2D eigenvalue weighted by Crippen LogP contribution is -1.94. The third-order valence-electron chi connectivity index (χ3n) is 2.46. The number of aromatic nitrogens is 2. The van der Waals surface area contributed by atoms with Crippen LogP contribution in [0.5, 0.6) is 0 Å². The number of aryl methyl sites for hydroxylation is 2. The van der Waals surface area contributed by atoms with E-state index in [-0.39, 0.29) is 5.82 Å². The van der Waals surface area contributed by atoms with Gasteiger partial charge in [0.25, 0.3) is 0 Å². The molecule has 0 spiro atoms.